The Morgan fingerprint density at radius 1 is 1.17 bits per heavy atom. The molecule has 0 spiro atoms. The molecule has 0 bridgehead atoms. The summed E-state index contributed by atoms with van der Waals surface area (Å²) in [6.07, 6.45) is 6.04. The quantitative estimate of drug-likeness (QED) is 0.889. The van der Waals surface area contributed by atoms with Crippen LogP contribution < -0.4 is 0 Å². The van der Waals surface area contributed by atoms with Crippen molar-refractivity contribution in [1.29, 1.82) is 0 Å². The molecule has 0 aromatic heterocycles. The van der Waals surface area contributed by atoms with Crippen LogP contribution in [0.15, 0.2) is 35.9 Å². The Hall–Kier alpha value is -1.81. The van der Waals surface area contributed by atoms with Crippen molar-refractivity contribution in [2.45, 2.75) is 51.1 Å². The normalized spacial score (nSPS) is 26.5. The molecule has 1 N–H and O–H groups in total. The third-order valence-electron chi connectivity index (χ3n) is 5.41. The van der Waals surface area contributed by atoms with Crippen LogP contribution in [0.4, 0.5) is 4.79 Å². The molecule has 2 heterocycles. The predicted octanol–water partition coefficient (Wildman–Crippen LogP) is 4.09. The summed E-state index contributed by atoms with van der Waals surface area (Å²) in [5, 5.41) is 9.64. The average Bonchev–Trinajstić information content (AvgIpc) is 2.57. The summed E-state index contributed by atoms with van der Waals surface area (Å²) in [7, 11) is 0. The summed E-state index contributed by atoms with van der Waals surface area (Å²) in [6.45, 7) is 6.85. The zero-order chi connectivity index (χ0) is 17.2. The summed E-state index contributed by atoms with van der Waals surface area (Å²) in [5.41, 5.74) is 2.05. The van der Waals surface area contributed by atoms with Crippen LogP contribution in [0.1, 0.15) is 45.1 Å². The molecule has 0 saturated carbocycles. The minimum atomic E-state index is -0.823. The molecule has 4 nitrogen and oxygen atoms in total. The monoisotopic (exact) mass is 328 g/mol. The number of carbonyl (C=O) groups is 1. The second-order valence-corrected chi connectivity index (χ2v) is 7.63. The van der Waals surface area contributed by atoms with Crippen molar-refractivity contribution < 1.29 is 9.90 Å². The van der Waals surface area contributed by atoms with Gasteiger partial charge in [0.05, 0.1) is 0 Å². The number of piperidine rings is 2. The molecular formula is C20H28N2O2. The lowest BCUT2D eigenvalue weighted by Gasteiger charge is -2.49. The molecule has 24 heavy (non-hydrogen) atoms. The van der Waals surface area contributed by atoms with Crippen molar-refractivity contribution >= 4 is 12.2 Å². The van der Waals surface area contributed by atoms with Crippen LogP contribution in [0.3, 0.4) is 0 Å². The van der Waals surface area contributed by atoms with Crippen LogP contribution in [-0.2, 0) is 0 Å². The van der Waals surface area contributed by atoms with E-state index in [-0.39, 0.29) is 5.54 Å². The van der Waals surface area contributed by atoms with Crippen LogP contribution in [0, 0.1) is 0 Å². The summed E-state index contributed by atoms with van der Waals surface area (Å²) >= 11 is 0. The summed E-state index contributed by atoms with van der Waals surface area (Å²) in [5.74, 6) is 0. The predicted molar refractivity (Wildman–Crippen MR) is 97.1 cm³/mol. The van der Waals surface area contributed by atoms with E-state index in [0.29, 0.717) is 12.6 Å². The largest absolute Gasteiger partial charge is 0.465 e. The summed E-state index contributed by atoms with van der Waals surface area (Å²) in [6, 6.07) is 10.6. The number of hydrogen-bond donors (Lipinski definition) is 1. The van der Waals surface area contributed by atoms with Crippen LogP contribution in [-0.4, -0.2) is 52.2 Å². The highest BCUT2D eigenvalue weighted by Crippen LogP contribution is 2.35. The number of nitrogens with zero attached hydrogens (tertiary/aromatic N) is 2. The molecule has 1 amide bonds. The first-order valence-electron chi connectivity index (χ1n) is 8.97. The first-order chi connectivity index (χ1) is 11.5. The smallest absolute Gasteiger partial charge is 0.408 e. The summed E-state index contributed by atoms with van der Waals surface area (Å²) < 4.78 is 0. The molecule has 2 saturated heterocycles. The fourth-order valence-electron chi connectivity index (χ4n) is 4.04. The van der Waals surface area contributed by atoms with Crippen molar-refractivity contribution in [3.8, 4) is 0 Å². The van der Waals surface area contributed by atoms with Crippen LogP contribution in [0.5, 0.6) is 0 Å². The molecule has 1 unspecified atom stereocenters. The van der Waals surface area contributed by atoms with Gasteiger partial charge in [-0.2, -0.15) is 0 Å². The van der Waals surface area contributed by atoms with E-state index >= 15 is 0 Å². The Bertz CT molecular complexity index is 603. The van der Waals surface area contributed by atoms with Gasteiger partial charge in [-0.1, -0.05) is 42.8 Å². The minimum absolute atomic E-state index is 0.331. The van der Waals surface area contributed by atoms with Gasteiger partial charge in [-0.25, -0.2) is 4.79 Å². The molecule has 1 aromatic rings. The molecule has 130 valence electrons. The fraction of sp³-hybridized carbons (Fsp3) is 0.550. The number of benzene rings is 1. The highest BCUT2D eigenvalue weighted by Gasteiger charge is 2.42. The number of rotatable bonds is 2. The molecule has 3 rings (SSSR count). The van der Waals surface area contributed by atoms with E-state index in [1.807, 2.05) is 18.2 Å². The SMILES string of the molecule is CC1(C)CC(N2CCCCC2)/C(=C/c2ccccc2)CN1C(=O)O. The van der Waals surface area contributed by atoms with Gasteiger partial charge in [0.1, 0.15) is 0 Å². The lowest BCUT2D eigenvalue weighted by molar-refractivity contribution is 0.0459. The third-order valence-corrected chi connectivity index (χ3v) is 5.41. The van der Waals surface area contributed by atoms with Gasteiger partial charge in [0.15, 0.2) is 0 Å². The average molecular weight is 328 g/mol. The Labute approximate surface area is 144 Å². The lowest BCUT2D eigenvalue weighted by atomic mass is 9.82. The molecule has 1 aromatic carbocycles. The van der Waals surface area contributed by atoms with Crippen molar-refractivity contribution in [3.63, 3.8) is 0 Å². The van der Waals surface area contributed by atoms with E-state index in [1.54, 1.807) is 4.90 Å². The Morgan fingerprint density at radius 2 is 1.83 bits per heavy atom. The standard InChI is InChI=1S/C20H28N2O2/c1-20(2)14-18(21-11-7-4-8-12-21)17(15-22(20)19(23)24)13-16-9-5-3-6-10-16/h3,5-6,9-10,13,18H,4,7-8,11-12,14-15H2,1-2H3,(H,23,24)/b17-13+. The highest BCUT2D eigenvalue weighted by molar-refractivity contribution is 5.68. The topological polar surface area (TPSA) is 43.8 Å². The molecule has 2 fully saturated rings. The molecule has 2 aliphatic rings. The second-order valence-electron chi connectivity index (χ2n) is 7.63. The van der Waals surface area contributed by atoms with Crippen molar-refractivity contribution in [2.24, 2.45) is 0 Å². The van der Waals surface area contributed by atoms with Crippen molar-refractivity contribution in [1.82, 2.24) is 9.80 Å². The van der Waals surface area contributed by atoms with Gasteiger partial charge in [-0.15, -0.1) is 0 Å². The number of carboxylic acid groups (broad SMARTS) is 1. The maximum Gasteiger partial charge on any atom is 0.408 e. The van der Waals surface area contributed by atoms with Gasteiger partial charge < -0.3 is 5.11 Å². The van der Waals surface area contributed by atoms with E-state index < -0.39 is 6.09 Å². The van der Waals surface area contributed by atoms with E-state index in [0.717, 1.165) is 25.1 Å². The van der Waals surface area contributed by atoms with Crippen molar-refractivity contribution in [2.75, 3.05) is 19.6 Å². The molecule has 4 heteroatoms. The van der Waals surface area contributed by atoms with E-state index in [9.17, 15) is 9.90 Å². The van der Waals surface area contributed by atoms with E-state index in [2.05, 4.69) is 37.0 Å². The van der Waals surface area contributed by atoms with Crippen LogP contribution in [0.25, 0.3) is 6.08 Å². The zero-order valence-corrected chi connectivity index (χ0v) is 14.7. The lowest BCUT2D eigenvalue weighted by Crippen LogP contribution is -2.58. The molecular weight excluding hydrogens is 300 g/mol. The molecule has 0 aliphatic carbocycles. The van der Waals surface area contributed by atoms with Gasteiger partial charge in [0.25, 0.3) is 0 Å². The maximum atomic E-state index is 11.7. The Balaban J connectivity index is 1.93. The van der Waals surface area contributed by atoms with E-state index in [1.165, 1.54) is 24.8 Å². The second kappa shape index (κ2) is 6.98. The highest BCUT2D eigenvalue weighted by atomic mass is 16.4. The molecule has 1 atom stereocenters. The zero-order valence-electron chi connectivity index (χ0n) is 14.7. The molecule has 2 aliphatic heterocycles. The first-order valence-corrected chi connectivity index (χ1v) is 8.97. The van der Waals surface area contributed by atoms with E-state index in [4.69, 9.17) is 0 Å². The third kappa shape index (κ3) is 3.64. The minimum Gasteiger partial charge on any atom is -0.465 e. The van der Waals surface area contributed by atoms with Gasteiger partial charge in [-0.3, -0.25) is 9.80 Å². The van der Waals surface area contributed by atoms with Crippen LogP contribution >= 0.6 is 0 Å². The Kier molecular flexibility index (Phi) is 4.95. The van der Waals surface area contributed by atoms with Gasteiger partial charge in [-0.05, 0) is 57.3 Å². The van der Waals surface area contributed by atoms with Gasteiger partial charge in [0, 0.05) is 18.1 Å². The van der Waals surface area contributed by atoms with Crippen molar-refractivity contribution in [3.05, 3.63) is 41.5 Å². The number of amides is 1. The van der Waals surface area contributed by atoms with Crippen LogP contribution in [0.2, 0.25) is 0 Å². The number of hydrogen-bond acceptors (Lipinski definition) is 2. The fourth-order valence-corrected chi connectivity index (χ4v) is 4.04. The number of likely N-dealkylation sites (tertiary alicyclic amines) is 2. The maximum absolute atomic E-state index is 11.7. The van der Waals surface area contributed by atoms with Gasteiger partial charge in [0.2, 0.25) is 0 Å². The van der Waals surface area contributed by atoms with Gasteiger partial charge >= 0.3 is 6.09 Å². The summed E-state index contributed by atoms with van der Waals surface area (Å²) in [4.78, 5) is 15.9. The Morgan fingerprint density at radius 3 is 2.46 bits per heavy atom. The molecule has 0 radical (unpaired) electrons. The first kappa shape index (κ1) is 17.0.